The zero-order chi connectivity index (χ0) is 20.4. The maximum absolute atomic E-state index is 6.25. The third kappa shape index (κ3) is 4.99. The third-order valence-corrected chi connectivity index (χ3v) is 6.67. The quantitative estimate of drug-likeness (QED) is 0.707. The first kappa shape index (κ1) is 20.8. The van der Waals surface area contributed by atoms with Crippen LogP contribution in [0.25, 0.3) is 0 Å². The first-order valence-corrected chi connectivity index (χ1v) is 11.7. The second-order valence-electron chi connectivity index (χ2n) is 10.2. The molecule has 29 heavy (non-hydrogen) atoms. The number of nitrogens with zero attached hydrogens (tertiary/aromatic N) is 3. The van der Waals surface area contributed by atoms with Gasteiger partial charge in [-0.2, -0.15) is 4.98 Å². The summed E-state index contributed by atoms with van der Waals surface area (Å²) >= 11 is 0. The maximum atomic E-state index is 6.25. The largest absolute Gasteiger partial charge is 0.472 e. The van der Waals surface area contributed by atoms with Crippen LogP contribution in [0, 0.1) is 5.92 Å². The van der Waals surface area contributed by atoms with Gasteiger partial charge in [-0.1, -0.05) is 19.3 Å². The molecule has 3 aliphatic rings. The van der Waals surface area contributed by atoms with Crippen molar-refractivity contribution in [1.29, 1.82) is 0 Å². The second kappa shape index (κ2) is 8.71. The van der Waals surface area contributed by atoms with Crippen LogP contribution in [-0.4, -0.2) is 49.0 Å². The molecule has 0 aromatic carbocycles. The van der Waals surface area contributed by atoms with E-state index in [0.717, 1.165) is 43.9 Å². The van der Waals surface area contributed by atoms with E-state index in [2.05, 4.69) is 49.6 Å². The van der Waals surface area contributed by atoms with Crippen LogP contribution >= 0.6 is 0 Å². The molecule has 5 heteroatoms. The Morgan fingerprint density at radius 3 is 2.52 bits per heavy atom. The number of pyridine rings is 1. The molecular weight excluding hydrogens is 362 g/mol. The average Bonchev–Trinajstić information content (AvgIpc) is 3.17. The molecule has 0 bridgehead atoms. The summed E-state index contributed by atoms with van der Waals surface area (Å²) in [6, 6.07) is 5.44. The van der Waals surface area contributed by atoms with E-state index in [0.29, 0.717) is 12.1 Å². The number of morpholine rings is 1. The molecule has 0 amide bonds. The zero-order valence-corrected chi connectivity index (χ0v) is 18.8. The van der Waals surface area contributed by atoms with Gasteiger partial charge in [0, 0.05) is 43.0 Å². The van der Waals surface area contributed by atoms with E-state index in [9.17, 15) is 0 Å². The van der Waals surface area contributed by atoms with Crippen LogP contribution < -0.4 is 14.5 Å². The zero-order valence-electron chi connectivity index (χ0n) is 18.8. The Morgan fingerprint density at radius 2 is 1.79 bits per heavy atom. The van der Waals surface area contributed by atoms with Crippen molar-refractivity contribution in [2.24, 2.45) is 5.92 Å². The van der Waals surface area contributed by atoms with E-state index >= 15 is 0 Å². The Bertz CT molecular complexity index is 681. The SMILES string of the molecule is C[C@@H]1COCCN1c1cc(OC(C)(C)C)nc(N2CCCC2C2CCCCC2)c1. The highest BCUT2D eigenvalue weighted by Gasteiger charge is 2.34. The Labute approximate surface area is 176 Å². The number of anilines is 2. The standard InChI is InChI=1S/C24H39N3O2/c1-18-17-28-14-13-26(18)20-15-22(25-23(16-20)29-24(2,3)4)27-12-8-11-21(27)19-9-6-5-7-10-19/h15-16,18-19,21H,5-14,17H2,1-4H3/t18-,21?/m1/s1. The predicted molar refractivity (Wildman–Crippen MR) is 119 cm³/mol. The monoisotopic (exact) mass is 401 g/mol. The molecule has 2 saturated heterocycles. The highest BCUT2D eigenvalue weighted by molar-refractivity contribution is 5.59. The van der Waals surface area contributed by atoms with Crippen molar-refractivity contribution in [2.45, 2.75) is 90.3 Å². The lowest BCUT2D eigenvalue weighted by Crippen LogP contribution is -2.44. The molecule has 0 radical (unpaired) electrons. The molecule has 162 valence electrons. The molecule has 5 nitrogen and oxygen atoms in total. The van der Waals surface area contributed by atoms with E-state index in [1.165, 1.54) is 50.6 Å². The van der Waals surface area contributed by atoms with E-state index in [4.69, 9.17) is 14.5 Å². The van der Waals surface area contributed by atoms with Crippen molar-refractivity contribution in [3.63, 3.8) is 0 Å². The lowest BCUT2D eigenvalue weighted by molar-refractivity contribution is 0.0986. The summed E-state index contributed by atoms with van der Waals surface area (Å²) in [4.78, 5) is 10.1. The molecule has 2 atom stereocenters. The molecule has 1 unspecified atom stereocenters. The van der Waals surface area contributed by atoms with Gasteiger partial charge >= 0.3 is 0 Å². The normalized spacial score (nSPS) is 26.8. The fraction of sp³-hybridized carbons (Fsp3) is 0.792. The van der Waals surface area contributed by atoms with Crippen LogP contribution in [-0.2, 0) is 4.74 Å². The molecule has 1 aliphatic carbocycles. The smallest absolute Gasteiger partial charge is 0.217 e. The predicted octanol–water partition coefficient (Wildman–Crippen LogP) is 5.03. The Morgan fingerprint density at radius 1 is 1.00 bits per heavy atom. The molecule has 4 rings (SSSR count). The first-order chi connectivity index (χ1) is 13.9. The highest BCUT2D eigenvalue weighted by atomic mass is 16.5. The first-order valence-electron chi connectivity index (χ1n) is 11.7. The Hall–Kier alpha value is -1.49. The second-order valence-corrected chi connectivity index (χ2v) is 10.2. The molecule has 0 spiro atoms. The van der Waals surface area contributed by atoms with Gasteiger partial charge < -0.3 is 19.3 Å². The maximum Gasteiger partial charge on any atom is 0.217 e. The molecule has 3 heterocycles. The van der Waals surface area contributed by atoms with Crippen LogP contribution in [0.2, 0.25) is 0 Å². The van der Waals surface area contributed by atoms with Crippen molar-refractivity contribution in [1.82, 2.24) is 4.98 Å². The van der Waals surface area contributed by atoms with Crippen molar-refractivity contribution >= 4 is 11.5 Å². The number of ether oxygens (including phenoxy) is 2. The van der Waals surface area contributed by atoms with Gasteiger partial charge in [-0.25, -0.2) is 0 Å². The van der Waals surface area contributed by atoms with Crippen LogP contribution in [0.15, 0.2) is 12.1 Å². The van der Waals surface area contributed by atoms with Crippen molar-refractivity contribution in [3.05, 3.63) is 12.1 Å². The minimum Gasteiger partial charge on any atom is -0.472 e. The van der Waals surface area contributed by atoms with Crippen LogP contribution in [0.3, 0.4) is 0 Å². The van der Waals surface area contributed by atoms with Crippen molar-refractivity contribution in [2.75, 3.05) is 36.1 Å². The van der Waals surface area contributed by atoms with Gasteiger partial charge in [0.15, 0.2) is 0 Å². The lowest BCUT2D eigenvalue weighted by atomic mass is 9.83. The lowest BCUT2D eigenvalue weighted by Gasteiger charge is -2.38. The van der Waals surface area contributed by atoms with Gasteiger partial charge in [0.2, 0.25) is 5.88 Å². The number of hydrogen-bond acceptors (Lipinski definition) is 5. The molecular formula is C24H39N3O2. The van der Waals surface area contributed by atoms with E-state index < -0.39 is 0 Å². The minimum absolute atomic E-state index is 0.257. The van der Waals surface area contributed by atoms with Gasteiger partial charge in [0.05, 0.1) is 13.2 Å². The molecule has 1 saturated carbocycles. The van der Waals surface area contributed by atoms with E-state index in [1.807, 2.05) is 0 Å². The Balaban J connectivity index is 1.65. The number of rotatable bonds is 4. The van der Waals surface area contributed by atoms with Crippen molar-refractivity contribution in [3.8, 4) is 5.88 Å². The molecule has 1 aromatic heterocycles. The molecule has 0 N–H and O–H groups in total. The Kier molecular flexibility index (Phi) is 6.24. The summed E-state index contributed by atoms with van der Waals surface area (Å²) < 4.78 is 11.9. The topological polar surface area (TPSA) is 37.8 Å². The molecule has 1 aromatic rings. The van der Waals surface area contributed by atoms with Gasteiger partial charge in [-0.3, -0.25) is 0 Å². The minimum atomic E-state index is -0.257. The average molecular weight is 402 g/mol. The van der Waals surface area contributed by atoms with E-state index in [-0.39, 0.29) is 5.60 Å². The summed E-state index contributed by atoms with van der Waals surface area (Å²) in [5.41, 5.74) is 0.965. The van der Waals surface area contributed by atoms with Crippen molar-refractivity contribution < 1.29 is 9.47 Å². The van der Waals surface area contributed by atoms with E-state index in [1.54, 1.807) is 0 Å². The summed E-state index contributed by atoms with van der Waals surface area (Å²) in [6.07, 6.45) is 9.55. The van der Waals surface area contributed by atoms with Gasteiger partial charge in [0.25, 0.3) is 0 Å². The van der Waals surface area contributed by atoms with Crippen LogP contribution in [0.5, 0.6) is 5.88 Å². The fourth-order valence-electron chi connectivity index (χ4n) is 5.35. The van der Waals surface area contributed by atoms with Gasteiger partial charge in [0.1, 0.15) is 11.4 Å². The highest BCUT2D eigenvalue weighted by Crippen LogP contribution is 2.38. The van der Waals surface area contributed by atoms with Gasteiger partial charge in [-0.05, 0) is 59.3 Å². The summed E-state index contributed by atoms with van der Waals surface area (Å²) in [5.74, 6) is 2.68. The summed E-state index contributed by atoms with van der Waals surface area (Å²) in [5, 5.41) is 0. The molecule has 3 fully saturated rings. The number of aromatic nitrogens is 1. The summed E-state index contributed by atoms with van der Waals surface area (Å²) in [7, 11) is 0. The van der Waals surface area contributed by atoms with Crippen LogP contribution in [0.4, 0.5) is 11.5 Å². The third-order valence-electron chi connectivity index (χ3n) is 6.67. The summed E-state index contributed by atoms with van der Waals surface area (Å²) in [6.45, 7) is 12.1. The van der Waals surface area contributed by atoms with Gasteiger partial charge in [-0.15, -0.1) is 0 Å². The molecule has 2 aliphatic heterocycles. The number of hydrogen-bond donors (Lipinski definition) is 0. The fourth-order valence-corrected chi connectivity index (χ4v) is 5.35. The van der Waals surface area contributed by atoms with Crippen LogP contribution in [0.1, 0.15) is 72.6 Å².